The number of nitrogens with zero attached hydrogens (tertiary/aromatic N) is 10. The first-order chi connectivity index (χ1) is 49.4. The molecule has 0 aromatic heterocycles. The largest absolute Gasteiger partial charge is 0.394 e. The molecule has 0 aromatic rings. The van der Waals surface area contributed by atoms with Gasteiger partial charge >= 0.3 is 6.18 Å². The van der Waals surface area contributed by atoms with Crippen LogP contribution in [0.15, 0.2) is 12.2 Å². The highest BCUT2D eigenvalue weighted by Crippen LogP contribution is 2.45. The summed E-state index contributed by atoms with van der Waals surface area (Å²) in [5.74, 6) is -14.8. The van der Waals surface area contributed by atoms with Crippen molar-refractivity contribution < 1.29 is 84.2 Å². The molecule has 7 fully saturated rings. The smallest absolute Gasteiger partial charge is 0.381 e. The van der Waals surface area contributed by atoms with E-state index in [1.807, 2.05) is 13.8 Å². The van der Waals surface area contributed by atoms with Gasteiger partial charge < -0.3 is 64.4 Å². The molecule has 12 amide bonds. The second-order valence-corrected chi connectivity index (χ2v) is 32.2. The van der Waals surface area contributed by atoms with Gasteiger partial charge in [0.15, 0.2) is 0 Å². The first kappa shape index (κ1) is 83.6. The van der Waals surface area contributed by atoms with Gasteiger partial charge in [-0.15, -0.1) is 0 Å². The summed E-state index contributed by atoms with van der Waals surface area (Å²) in [6.45, 7) is 6.43. The highest BCUT2D eigenvalue weighted by Gasteiger charge is 2.57. The Morgan fingerprint density at radius 3 is 1.91 bits per heavy atom. The zero-order valence-electron chi connectivity index (χ0n) is 64.1. The predicted molar refractivity (Wildman–Crippen MR) is 378 cm³/mol. The van der Waals surface area contributed by atoms with Gasteiger partial charge in [-0.3, -0.25) is 57.5 Å². The standard InChI is InChI=1S/C75H117F5N12O13/c1-14-22-52-63(95)82-61(45(2)3)70(102)90-38-20-26-54(90)67(99)86(9)53-25-16-15-19-37-91(69(53)101)57(40-48-31-35-74(76,77)36-32-48)66(98)84(7)44-59(93)81-51(30-28-47-27-29-50(75(78,79)80)58(41-47)105-13)64(96)92-43-46(4)39-56(92)68(100)89(12)73(33-21-34-73)72(104)88(11)62(49-23-17-18-24-49)71(103)87(10)55(65(97)83(5)6)42-60(94)85(52)8/h15-16,45-58,61-62H,14,17-44H2,1-13H3,(H,81,93)(H,82,95)/b16-15-/t46-,47?,50?,51-,52-,53-,54-,55-,56-,57-,58?,61-,62-/m0/s1. The third kappa shape index (κ3) is 18.9. The number of amides is 12. The van der Waals surface area contributed by atoms with E-state index in [0.29, 0.717) is 32.1 Å². The summed E-state index contributed by atoms with van der Waals surface area (Å²) in [6, 6.07) is -11.5. The van der Waals surface area contributed by atoms with E-state index < -0.39 is 204 Å². The Bertz CT molecular complexity index is 3190. The fourth-order valence-electron chi connectivity index (χ4n) is 17.9. The number of alkyl halides is 5. The molecule has 105 heavy (non-hydrogen) atoms. The number of carbonyl (C=O) groups is 12. The Balaban J connectivity index is 1.20. The molecule has 3 unspecified atom stereocenters. The molecule has 0 radical (unpaired) electrons. The van der Waals surface area contributed by atoms with E-state index in [1.165, 1.54) is 108 Å². The second-order valence-electron chi connectivity index (χ2n) is 32.2. The van der Waals surface area contributed by atoms with Gasteiger partial charge in [-0.05, 0) is 152 Å². The molecule has 590 valence electrons. The van der Waals surface area contributed by atoms with Crippen LogP contribution >= 0.6 is 0 Å². The zero-order chi connectivity index (χ0) is 77.5. The SMILES string of the molecule is CCC[C@H]1C(=O)N[C@@H](C(C)C)C(=O)N2CCC[C@H]2C(=O)N(C)[C@H]2C/C=C\CCN(C2=O)[C@@H](CC2CCC(F)(F)CC2)C(=O)N(C)CC(=O)N[C@@H](CCC2CCC(C(F)(F)F)C(OC)C2)C(=O)N2C[C@@H](C)C[C@H]2C(=O)N(C)C2(CCC2)C(=O)N(C)[C@@H](C2CCCC2)C(=O)N(C)[C@H](C(=O)N(C)C)CC(=O)N1C. The summed E-state index contributed by atoms with van der Waals surface area (Å²) in [7, 11) is 12.7. The minimum absolute atomic E-state index is 0.00676. The molecule has 2 bridgehead atoms. The van der Waals surface area contributed by atoms with Gasteiger partial charge in [0.25, 0.3) is 0 Å². The molecule has 4 aliphatic carbocycles. The summed E-state index contributed by atoms with van der Waals surface area (Å²) < 4.78 is 77.9. The van der Waals surface area contributed by atoms with Gasteiger partial charge in [-0.2, -0.15) is 13.2 Å². The van der Waals surface area contributed by atoms with Crippen molar-refractivity contribution >= 4 is 70.9 Å². The van der Waals surface area contributed by atoms with Gasteiger partial charge in [0, 0.05) is 96.0 Å². The molecular formula is C75H117F5N12O13. The van der Waals surface area contributed by atoms with Gasteiger partial charge in [0.2, 0.25) is 76.8 Å². The van der Waals surface area contributed by atoms with Crippen molar-refractivity contribution in [3.05, 3.63) is 12.2 Å². The Morgan fingerprint density at radius 1 is 0.648 bits per heavy atom. The number of ether oxygens (including phenoxy) is 1. The summed E-state index contributed by atoms with van der Waals surface area (Å²) in [4.78, 5) is 195. The van der Waals surface area contributed by atoms with E-state index in [2.05, 4.69) is 10.6 Å². The molecule has 8 aliphatic rings. The van der Waals surface area contributed by atoms with E-state index in [-0.39, 0.29) is 122 Å². The monoisotopic (exact) mass is 1490 g/mol. The molecule has 4 saturated carbocycles. The van der Waals surface area contributed by atoms with Crippen LogP contribution in [0.5, 0.6) is 0 Å². The summed E-state index contributed by atoms with van der Waals surface area (Å²) in [6.07, 6.45) is 0.866. The molecule has 3 saturated heterocycles. The number of rotatable bonds is 11. The number of fused-ring (bicyclic) bond motifs is 4. The Labute approximate surface area is 616 Å². The molecule has 4 aliphatic heterocycles. The van der Waals surface area contributed by atoms with Crippen LogP contribution in [0.2, 0.25) is 0 Å². The Kier molecular flexibility index (Phi) is 28.2. The van der Waals surface area contributed by atoms with Crippen LogP contribution < -0.4 is 10.6 Å². The maximum absolute atomic E-state index is 15.7. The van der Waals surface area contributed by atoms with Crippen LogP contribution in [-0.2, 0) is 62.3 Å². The third-order valence-corrected chi connectivity index (χ3v) is 24.5. The number of methoxy groups -OCH3 is 1. The van der Waals surface area contributed by atoms with Gasteiger partial charge in [-0.1, -0.05) is 59.1 Å². The first-order valence-electron chi connectivity index (χ1n) is 38.3. The van der Waals surface area contributed by atoms with Crippen LogP contribution in [0.4, 0.5) is 22.0 Å². The lowest BCUT2D eigenvalue weighted by molar-refractivity contribution is -0.215. The third-order valence-electron chi connectivity index (χ3n) is 24.5. The van der Waals surface area contributed by atoms with Crippen molar-refractivity contribution in [2.45, 2.75) is 266 Å². The van der Waals surface area contributed by atoms with Crippen molar-refractivity contribution in [3.63, 3.8) is 0 Å². The topological polar surface area (TPSA) is 271 Å². The van der Waals surface area contributed by atoms with Crippen LogP contribution in [0.3, 0.4) is 0 Å². The molecule has 8 rings (SSSR count). The predicted octanol–water partition coefficient (Wildman–Crippen LogP) is 6.01. The Morgan fingerprint density at radius 2 is 1.31 bits per heavy atom. The van der Waals surface area contributed by atoms with Crippen molar-refractivity contribution in [2.75, 3.05) is 89.7 Å². The van der Waals surface area contributed by atoms with Crippen molar-refractivity contribution in [1.29, 1.82) is 0 Å². The van der Waals surface area contributed by atoms with Crippen molar-refractivity contribution in [3.8, 4) is 0 Å². The van der Waals surface area contributed by atoms with Crippen LogP contribution in [0.1, 0.15) is 188 Å². The molecule has 13 atom stereocenters. The molecule has 25 nitrogen and oxygen atoms in total. The van der Waals surface area contributed by atoms with Gasteiger partial charge in [0.05, 0.1) is 25.0 Å². The summed E-state index contributed by atoms with van der Waals surface area (Å²) in [5, 5.41) is 5.73. The van der Waals surface area contributed by atoms with E-state index in [4.69, 9.17) is 4.74 Å². The number of likely N-dealkylation sites (N-methyl/N-ethyl adjacent to an activating group) is 7. The van der Waals surface area contributed by atoms with Gasteiger partial charge in [0.1, 0.15) is 59.9 Å². The molecule has 1 spiro atoms. The number of nitrogens with one attached hydrogen (secondary N) is 2. The first-order valence-corrected chi connectivity index (χ1v) is 38.3. The van der Waals surface area contributed by atoms with Crippen molar-refractivity contribution in [2.24, 2.45) is 35.5 Å². The van der Waals surface area contributed by atoms with E-state index in [1.54, 1.807) is 26.0 Å². The molecule has 0 aromatic carbocycles. The lowest BCUT2D eigenvalue weighted by atomic mass is 9.73. The van der Waals surface area contributed by atoms with Crippen molar-refractivity contribution in [1.82, 2.24) is 59.6 Å². The van der Waals surface area contributed by atoms with Crippen LogP contribution in [0.25, 0.3) is 0 Å². The molecular weight excluding hydrogens is 1370 g/mol. The number of hydrogen-bond acceptors (Lipinski definition) is 13. The maximum atomic E-state index is 15.7. The highest BCUT2D eigenvalue weighted by molar-refractivity contribution is 6.01. The van der Waals surface area contributed by atoms with E-state index >= 15 is 38.4 Å². The quantitative estimate of drug-likeness (QED) is 0.178. The highest BCUT2D eigenvalue weighted by atomic mass is 19.4. The maximum Gasteiger partial charge on any atom is 0.394 e. The van der Waals surface area contributed by atoms with Crippen LogP contribution in [-0.4, -0.2) is 288 Å². The number of carbonyl (C=O) groups excluding carboxylic acids is 12. The minimum atomic E-state index is -4.54. The molecule has 30 heteroatoms. The molecule has 2 N–H and O–H groups in total. The lowest BCUT2D eigenvalue weighted by Gasteiger charge is -2.51. The second kappa shape index (κ2) is 35.4. The van der Waals surface area contributed by atoms with E-state index in [9.17, 15) is 41.1 Å². The average molecular weight is 1490 g/mol. The van der Waals surface area contributed by atoms with E-state index in [0.717, 1.165) is 17.7 Å². The average Bonchev–Trinajstić information content (AvgIpc) is 1.61. The number of halogens is 5. The van der Waals surface area contributed by atoms with Gasteiger partial charge in [-0.25, -0.2) is 8.78 Å². The minimum Gasteiger partial charge on any atom is -0.381 e. The molecule has 4 heterocycles. The number of hydrogen-bond donors (Lipinski definition) is 2. The summed E-state index contributed by atoms with van der Waals surface area (Å²) >= 11 is 0. The normalized spacial score (nSPS) is 32.0. The Hall–Kier alpha value is -7.01. The fourth-order valence-corrected chi connectivity index (χ4v) is 17.9. The lowest BCUT2D eigenvalue weighted by Crippen LogP contribution is -2.68. The zero-order valence-corrected chi connectivity index (χ0v) is 64.1. The van der Waals surface area contributed by atoms with Crippen LogP contribution in [0, 0.1) is 35.5 Å². The fraction of sp³-hybridized carbons (Fsp3) is 0.813. The summed E-state index contributed by atoms with van der Waals surface area (Å²) in [5.41, 5.74) is -1.53.